The highest BCUT2D eigenvalue weighted by Gasteiger charge is 2.27. The molecule has 0 spiro atoms. The third-order valence-corrected chi connectivity index (χ3v) is 4.76. The second kappa shape index (κ2) is 6.23. The van der Waals surface area contributed by atoms with Crippen molar-refractivity contribution in [1.29, 1.82) is 0 Å². The first-order valence-electron chi connectivity index (χ1n) is 7.25. The summed E-state index contributed by atoms with van der Waals surface area (Å²) in [5, 5.41) is 9.03. The van der Waals surface area contributed by atoms with Crippen molar-refractivity contribution >= 4 is 28.0 Å². The van der Waals surface area contributed by atoms with Crippen molar-refractivity contribution in [1.82, 2.24) is 4.90 Å². The van der Waals surface area contributed by atoms with Crippen LogP contribution in [0.25, 0.3) is 0 Å². The van der Waals surface area contributed by atoms with E-state index in [0.29, 0.717) is 31.0 Å². The van der Waals surface area contributed by atoms with Gasteiger partial charge in [0.2, 0.25) is 0 Å². The summed E-state index contributed by atoms with van der Waals surface area (Å²) in [6, 6.07) is 3.49. The Morgan fingerprint density at radius 2 is 2.30 bits per heavy atom. The van der Waals surface area contributed by atoms with Gasteiger partial charge in [-0.1, -0.05) is 13.0 Å². The van der Waals surface area contributed by atoms with Gasteiger partial charge in [0.05, 0.1) is 10.0 Å². The molecule has 0 saturated heterocycles. The first kappa shape index (κ1) is 15.9. The number of carbonyl (C=O) groups is 2. The topological polar surface area (TPSA) is 76.1 Å². The van der Waals surface area contributed by atoms with Gasteiger partial charge in [0.1, 0.15) is 19.0 Å². The van der Waals surface area contributed by atoms with Crippen molar-refractivity contribution in [2.24, 2.45) is 5.92 Å². The van der Waals surface area contributed by atoms with Gasteiger partial charge >= 0.3 is 12.1 Å². The summed E-state index contributed by atoms with van der Waals surface area (Å²) in [6.07, 6.45) is 0.980. The van der Waals surface area contributed by atoms with E-state index in [1.807, 2.05) is 13.0 Å². The van der Waals surface area contributed by atoms with Crippen LogP contribution in [0.4, 0.5) is 4.79 Å². The zero-order valence-corrected chi connectivity index (χ0v) is 14.1. The second-order valence-corrected chi connectivity index (χ2v) is 6.49. The van der Waals surface area contributed by atoms with Gasteiger partial charge in [-0.2, -0.15) is 0 Å². The number of carbonyl (C=O) groups excluding carboxylic acids is 1. The number of nitrogens with zero attached hydrogens (tertiary/aromatic N) is 1. The third-order valence-electron chi connectivity index (χ3n) is 4.13. The van der Waals surface area contributed by atoms with Gasteiger partial charge in [-0.05, 0) is 39.6 Å². The Hall–Kier alpha value is -2.02. The lowest BCUT2D eigenvalue weighted by atomic mass is 9.97. The third kappa shape index (κ3) is 3.06. The molecule has 0 radical (unpaired) electrons. The van der Waals surface area contributed by atoms with Crippen LogP contribution in [-0.2, 0) is 11.3 Å². The molecule has 7 heteroatoms. The van der Waals surface area contributed by atoms with Gasteiger partial charge in [-0.25, -0.2) is 9.59 Å². The molecule has 1 unspecified atom stereocenters. The number of rotatable bonds is 3. The van der Waals surface area contributed by atoms with E-state index in [1.165, 1.54) is 4.90 Å². The van der Waals surface area contributed by atoms with Crippen molar-refractivity contribution in [3.8, 4) is 5.75 Å². The van der Waals surface area contributed by atoms with Crippen molar-refractivity contribution in [2.45, 2.75) is 13.5 Å². The highest BCUT2D eigenvalue weighted by atomic mass is 79.9. The molecule has 23 heavy (non-hydrogen) atoms. The minimum atomic E-state index is -0.910. The van der Waals surface area contributed by atoms with E-state index in [4.69, 9.17) is 14.6 Å². The maximum Gasteiger partial charge on any atom is 0.407 e. The zero-order valence-electron chi connectivity index (χ0n) is 12.5. The molecule has 1 N–H and O–H groups in total. The molecular formula is C16H16BrNO5. The molecule has 1 atom stereocenters. The van der Waals surface area contributed by atoms with Crippen molar-refractivity contribution < 1.29 is 24.2 Å². The molecule has 1 aromatic carbocycles. The zero-order chi connectivity index (χ0) is 16.6. The summed E-state index contributed by atoms with van der Waals surface area (Å²) in [5.41, 5.74) is 2.34. The Bertz CT molecular complexity index is 700. The van der Waals surface area contributed by atoms with Gasteiger partial charge in [-0.15, -0.1) is 0 Å². The largest absolute Gasteiger partial charge is 0.488 e. The minimum Gasteiger partial charge on any atom is -0.488 e. The van der Waals surface area contributed by atoms with E-state index in [1.54, 1.807) is 12.1 Å². The monoisotopic (exact) mass is 381 g/mol. The number of carboxylic acid groups (broad SMARTS) is 1. The maximum absolute atomic E-state index is 11.6. The molecule has 1 amide bonds. The maximum atomic E-state index is 11.6. The Labute approximate surface area is 141 Å². The molecule has 0 aliphatic carbocycles. The molecule has 2 heterocycles. The molecule has 0 saturated carbocycles. The predicted octanol–water partition coefficient (Wildman–Crippen LogP) is 3.05. The summed E-state index contributed by atoms with van der Waals surface area (Å²) < 4.78 is 11.7. The number of hydrogen-bond donors (Lipinski definition) is 1. The van der Waals surface area contributed by atoms with Gasteiger partial charge in [-0.3, -0.25) is 0 Å². The first-order valence-corrected chi connectivity index (χ1v) is 8.04. The number of benzene rings is 1. The van der Waals surface area contributed by atoms with E-state index < -0.39 is 6.09 Å². The molecule has 6 nitrogen and oxygen atoms in total. The van der Waals surface area contributed by atoms with E-state index in [0.717, 1.165) is 15.6 Å². The fourth-order valence-corrected chi connectivity index (χ4v) is 3.26. The van der Waals surface area contributed by atoms with Crippen LogP contribution in [0.1, 0.15) is 22.8 Å². The number of amides is 1. The number of hydrogen-bond acceptors (Lipinski definition) is 4. The molecular weight excluding hydrogens is 366 g/mol. The number of esters is 1. The lowest BCUT2D eigenvalue weighted by molar-refractivity contribution is 0.0534. The van der Waals surface area contributed by atoms with E-state index >= 15 is 0 Å². The average Bonchev–Trinajstić information content (AvgIpc) is 2.88. The highest BCUT2D eigenvalue weighted by Crippen LogP contribution is 2.36. The van der Waals surface area contributed by atoms with Crippen LogP contribution in [0.2, 0.25) is 0 Å². The van der Waals surface area contributed by atoms with Crippen molar-refractivity contribution in [2.75, 3.05) is 19.7 Å². The van der Waals surface area contributed by atoms with Crippen molar-refractivity contribution in [3.05, 3.63) is 39.4 Å². The SMILES string of the molecule is CC1CN(C(=O)O)CC=C1COc1c(Br)ccc2c1COC2=O. The number of cyclic esters (lactones) is 1. The fraction of sp³-hybridized carbons (Fsp3) is 0.375. The molecule has 2 aliphatic heterocycles. The number of ether oxygens (including phenoxy) is 2. The second-order valence-electron chi connectivity index (χ2n) is 5.64. The van der Waals surface area contributed by atoms with E-state index in [9.17, 15) is 9.59 Å². The highest BCUT2D eigenvalue weighted by molar-refractivity contribution is 9.10. The van der Waals surface area contributed by atoms with Crippen LogP contribution in [0.3, 0.4) is 0 Å². The number of fused-ring (bicyclic) bond motifs is 1. The summed E-state index contributed by atoms with van der Waals surface area (Å²) in [5.74, 6) is 0.370. The van der Waals surface area contributed by atoms with Crippen LogP contribution < -0.4 is 4.74 Å². The van der Waals surface area contributed by atoms with Gasteiger partial charge in [0, 0.05) is 18.7 Å². The average molecular weight is 382 g/mol. The van der Waals surface area contributed by atoms with Crippen LogP contribution in [0.15, 0.2) is 28.3 Å². The van der Waals surface area contributed by atoms with Crippen LogP contribution >= 0.6 is 15.9 Å². The Morgan fingerprint density at radius 3 is 3.00 bits per heavy atom. The lowest BCUT2D eigenvalue weighted by Gasteiger charge is -2.29. The van der Waals surface area contributed by atoms with Gasteiger partial charge < -0.3 is 19.5 Å². The Morgan fingerprint density at radius 1 is 1.52 bits per heavy atom. The molecule has 1 aromatic rings. The summed E-state index contributed by atoms with van der Waals surface area (Å²) in [6.45, 7) is 3.37. The fourth-order valence-electron chi connectivity index (χ4n) is 2.77. The Balaban J connectivity index is 1.75. The smallest absolute Gasteiger partial charge is 0.407 e. The summed E-state index contributed by atoms with van der Waals surface area (Å²) in [7, 11) is 0. The first-order chi connectivity index (χ1) is 11.0. The molecule has 2 aliphatic rings. The molecule has 3 rings (SSSR count). The minimum absolute atomic E-state index is 0.0910. The van der Waals surface area contributed by atoms with Gasteiger partial charge in [0.25, 0.3) is 0 Å². The normalized spacial score (nSPS) is 19.9. The van der Waals surface area contributed by atoms with Crippen LogP contribution in [0.5, 0.6) is 5.75 Å². The molecule has 0 aromatic heterocycles. The van der Waals surface area contributed by atoms with Crippen LogP contribution in [-0.4, -0.2) is 41.8 Å². The van der Waals surface area contributed by atoms with E-state index in [2.05, 4.69) is 15.9 Å². The lowest BCUT2D eigenvalue weighted by Crippen LogP contribution is -2.38. The van der Waals surface area contributed by atoms with E-state index in [-0.39, 0.29) is 18.5 Å². The molecule has 0 fully saturated rings. The van der Waals surface area contributed by atoms with Crippen molar-refractivity contribution in [3.63, 3.8) is 0 Å². The Kier molecular flexibility index (Phi) is 4.30. The van der Waals surface area contributed by atoms with Crippen LogP contribution in [0, 0.1) is 5.92 Å². The molecule has 122 valence electrons. The predicted molar refractivity (Wildman–Crippen MR) is 85.6 cm³/mol. The number of halogens is 1. The van der Waals surface area contributed by atoms with Gasteiger partial charge in [0.15, 0.2) is 0 Å². The summed E-state index contributed by atoms with van der Waals surface area (Å²) >= 11 is 3.44. The molecule has 0 bridgehead atoms. The quantitative estimate of drug-likeness (QED) is 0.643. The standard InChI is InChI=1S/C16H16BrNO5/c1-9-6-18(16(20)21)5-4-10(9)7-22-14-12-8-23-15(19)11(12)2-3-13(14)17/h2-4,9H,5-8H2,1H3,(H,20,21). The summed E-state index contributed by atoms with van der Waals surface area (Å²) in [4.78, 5) is 24.0.